The molecule has 0 heterocycles. The number of halogens is 1. The van der Waals surface area contributed by atoms with Crippen LogP contribution in [0.4, 0.5) is 5.69 Å². The highest BCUT2D eigenvalue weighted by Crippen LogP contribution is 2.25. The van der Waals surface area contributed by atoms with Crippen LogP contribution in [-0.4, -0.2) is 17.3 Å². The molecule has 0 bridgehead atoms. The molecule has 0 aromatic heterocycles. The van der Waals surface area contributed by atoms with Gasteiger partial charge in [-0.05, 0) is 38.5 Å². The molecule has 0 fully saturated rings. The van der Waals surface area contributed by atoms with Gasteiger partial charge in [-0.1, -0.05) is 17.7 Å². The van der Waals surface area contributed by atoms with E-state index < -0.39 is 0 Å². The summed E-state index contributed by atoms with van der Waals surface area (Å²) in [7, 11) is 0. The van der Waals surface area contributed by atoms with Gasteiger partial charge in [0.25, 0.3) is 0 Å². The summed E-state index contributed by atoms with van der Waals surface area (Å²) in [5.74, 6) is 0. The van der Waals surface area contributed by atoms with Gasteiger partial charge in [-0.25, -0.2) is 0 Å². The Morgan fingerprint density at radius 2 is 2.07 bits per heavy atom. The van der Waals surface area contributed by atoms with Gasteiger partial charge in [0.1, 0.15) is 0 Å². The third-order valence-electron chi connectivity index (χ3n) is 2.14. The van der Waals surface area contributed by atoms with Gasteiger partial charge in [-0.3, -0.25) is 0 Å². The van der Waals surface area contributed by atoms with Crippen LogP contribution in [-0.2, 0) is 0 Å². The second kappa shape index (κ2) is 4.20. The normalized spacial score (nSPS) is 11.5. The van der Waals surface area contributed by atoms with Gasteiger partial charge < -0.3 is 10.4 Å². The lowest BCUT2D eigenvalue weighted by Crippen LogP contribution is -2.35. The molecule has 0 saturated carbocycles. The molecule has 0 saturated heterocycles. The maximum absolute atomic E-state index is 9.12. The van der Waals surface area contributed by atoms with Crippen molar-refractivity contribution in [1.29, 1.82) is 0 Å². The quantitative estimate of drug-likeness (QED) is 0.810. The first-order valence-electron chi connectivity index (χ1n) is 4.60. The minimum atomic E-state index is -0.324. The Balaban J connectivity index is 2.92. The number of nitrogens with one attached hydrogen (secondary N) is 1. The van der Waals surface area contributed by atoms with E-state index in [9.17, 15) is 0 Å². The average molecular weight is 214 g/mol. The van der Waals surface area contributed by atoms with Crippen LogP contribution in [0.2, 0.25) is 5.02 Å². The minimum Gasteiger partial charge on any atom is -0.394 e. The molecular formula is C11H16ClNO. The molecule has 0 unspecified atom stereocenters. The molecule has 2 N–H and O–H groups in total. The Morgan fingerprint density at radius 3 is 2.64 bits per heavy atom. The highest BCUT2D eigenvalue weighted by atomic mass is 35.5. The molecule has 0 spiro atoms. The lowest BCUT2D eigenvalue weighted by atomic mass is 10.1. The molecule has 0 atom stereocenters. The van der Waals surface area contributed by atoms with E-state index in [0.717, 1.165) is 16.3 Å². The van der Waals surface area contributed by atoms with Gasteiger partial charge in [0.15, 0.2) is 0 Å². The second-order valence-electron chi connectivity index (χ2n) is 4.08. The van der Waals surface area contributed by atoms with Gasteiger partial charge >= 0.3 is 0 Å². The molecule has 3 heteroatoms. The second-order valence-corrected chi connectivity index (χ2v) is 4.49. The number of aliphatic hydroxyl groups is 1. The average Bonchev–Trinajstić information content (AvgIpc) is 2.13. The van der Waals surface area contributed by atoms with Crippen molar-refractivity contribution in [3.8, 4) is 0 Å². The first-order valence-corrected chi connectivity index (χ1v) is 4.98. The fraction of sp³-hybridized carbons (Fsp3) is 0.455. The maximum Gasteiger partial charge on any atom is 0.0656 e. The summed E-state index contributed by atoms with van der Waals surface area (Å²) in [5.41, 5.74) is 1.65. The molecule has 2 nitrogen and oxygen atoms in total. The van der Waals surface area contributed by atoms with E-state index in [2.05, 4.69) is 5.32 Å². The number of hydrogen-bond acceptors (Lipinski definition) is 2. The lowest BCUT2D eigenvalue weighted by molar-refractivity contribution is 0.234. The van der Waals surface area contributed by atoms with Crippen molar-refractivity contribution < 1.29 is 5.11 Å². The topological polar surface area (TPSA) is 32.3 Å². The fourth-order valence-electron chi connectivity index (χ4n) is 1.15. The van der Waals surface area contributed by atoms with Crippen molar-refractivity contribution in [2.24, 2.45) is 0 Å². The number of anilines is 1. The van der Waals surface area contributed by atoms with Crippen molar-refractivity contribution in [3.63, 3.8) is 0 Å². The highest BCUT2D eigenvalue weighted by Gasteiger charge is 2.16. The Hall–Kier alpha value is -0.730. The Labute approximate surface area is 89.9 Å². The Morgan fingerprint density at radius 1 is 1.43 bits per heavy atom. The largest absolute Gasteiger partial charge is 0.394 e. The molecule has 14 heavy (non-hydrogen) atoms. The summed E-state index contributed by atoms with van der Waals surface area (Å²) in [6.45, 7) is 5.91. The van der Waals surface area contributed by atoms with Crippen LogP contribution >= 0.6 is 11.6 Å². The molecule has 78 valence electrons. The Bertz CT molecular complexity index is 323. The molecule has 0 aliphatic heterocycles. The first kappa shape index (κ1) is 11.3. The number of hydrogen-bond donors (Lipinski definition) is 2. The summed E-state index contributed by atoms with van der Waals surface area (Å²) in [6, 6.07) is 5.71. The van der Waals surface area contributed by atoms with Crippen molar-refractivity contribution in [1.82, 2.24) is 0 Å². The van der Waals surface area contributed by atoms with Crippen LogP contribution in [0.3, 0.4) is 0 Å². The molecule has 1 aromatic rings. The van der Waals surface area contributed by atoms with Crippen LogP contribution in [0.1, 0.15) is 19.4 Å². The molecular weight excluding hydrogens is 198 g/mol. The van der Waals surface area contributed by atoms with Crippen molar-refractivity contribution in [2.45, 2.75) is 26.3 Å². The minimum absolute atomic E-state index is 0.0823. The summed E-state index contributed by atoms with van der Waals surface area (Å²) in [5, 5.41) is 13.1. The van der Waals surface area contributed by atoms with E-state index in [1.165, 1.54) is 0 Å². The summed E-state index contributed by atoms with van der Waals surface area (Å²) in [4.78, 5) is 0. The summed E-state index contributed by atoms with van der Waals surface area (Å²) < 4.78 is 0. The molecule has 0 radical (unpaired) electrons. The molecule has 0 aliphatic rings. The summed E-state index contributed by atoms with van der Waals surface area (Å²) >= 11 is 5.98. The summed E-state index contributed by atoms with van der Waals surface area (Å²) in [6.07, 6.45) is 0. The monoisotopic (exact) mass is 213 g/mol. The van der Waals surface area contributed by atoms with Crippen LogP contribution in [0.25, 0.3) is 0 Å². The van der Waals surface area contributed by atoms with Crippen LogP contribution in [0.15, 0.2) is 18.2 Å². The van der Waals surface area contributed by atoms with Gasteiger partial charge in [-0.15, -0.1) is 0 Å². The zero-order chi connectivity index (χ0) is 10.8. The third-order valence-corrected chi connectivity index (χ3v) is 2.55. The smallest absolute Gasteiger partial charge is 0.0656 e. The SMILES string of the molecule is Cc1c(Cl)cccc1NC(C)(C)CO. The molecule has 0 amide bonds. The maximum atomic E-state index is 9.12. The molecule has 1 rings (SSSR count). The van der Waals surface area contributed by atoms with Crippen molar-refractivity contribution in [2.75, 3.05) is 11.9 Å². The zero-order valence-corrected chi connectivity index (χ0v) is 9.52. The standard InChI is InChI=1S/C11H16ClNO/c1-8-9(12)5-4-6-10(8)13-11(2,3)7-14/h4-6,13-14H,7H2,1-3H3. The zero-order valence-electron chi connectivity index (χ0n) is 8.76. The lowest BCUT2D eigenvalue weighted by Gasteiger charge is -2.26. The molecule has 1 aromatic carbocycles. The van der Waals surface area contributed by atoms with E-state index in [1.54, 1.807) is 0 Å². The van der Waals surface area contributed by atoms with Gasteiger partial charge in [0, 0.05) is 10.7 Å². The number of aliphatic hydroxyl groups excluding tert-OH is 1. The fourth-order valence-corrected chi connectivity index (χ4v) is 1.32. The predicted octanol–water partition coefficient (Wildman–Crippen LogP) is 2.83. The van der Waals surface area contributed by atoms with Crippen LogP contribution in [0, 0.1) is 6.92 Å². The van der Waals surface area contributed by atoms with Gasteiger partial charge in [0.05, 0.1) is 12.1 Å². The van der Waals surface area contributed by atoms with Gasteiger partial charge in [-0.2, -0.15) is 0 Å². The number of benzene rings is 1. The van der Waals surface area contributed by atoms with Crippen LogP contribution < -0.4 is 5.32 Å². The van der Waals surface area contributed by atoms with Crippen LogP contribution in [0.5, 0.6) is 0 Å². The highest BCUT2D eigenvalue weighted by molar-refractivity contribution is 6.31. The first-order chi connectivity index (χ1) is 6.46. The van der Waals surface area contributed by atoms with E-state index in [-0.39, 0.29) is 12.1 Å². The number of rotatable bonds is 3. The molecule has 0 aliphatic carbocycles. The van der Waals surface area contributed by atoms with E-state index >= 15 is 0 Å². The predicted molar refractivity (Wildman–Crippen MR) is 61.0 cm³/mol. The van der Waals surface area contributed by atoms with Gasteiger partial charge in [0.2, 0.25) is 0 Å². The van der Waals surface area contributed by atoms with E-state index in [4.69, 9.17) is 16.7 Å². The Kier molecular flexibility index (Phi) is 3.40. The van der Waals surface area contributed by atoms with E-state index in [1.807, 2.05) is 39.0 Å². The van der Waals surface area contributed by atoms with Crippen molar-refractivity contribution in [3.05, 3.63) is 28.8 Å². The third kappa shape index (κ3) is 2.63. The van der Waals surface area contributed by atoms with Crippen molar-refractivity contribution >= 4 is 17.3 Å². The van der Waals surface area contributed by atoms with E-state index in [0.29, 0.717) is 0 Å².